The third-order valence-corrected chi connectivity index (χ3v) is 6.06. The van der Waals surface area contributed by atoms with Gasteiger partial charge in [-0.15, -0.1) is 0 Å². The fourth-order valence-corrected chi connectivity index (χ4v) is 4.11. The lowest BCUT2D eigenvalue weighted by Gasteiger charge is -2.04. The summed E-state index contributed by atoms with van der Waals surface area (Å²) >= 11 is 0. The Balaban J connectivity index is 0. The Bertz CT molecular complexity index is 372. The van der Waals surface area contributed by atoms with E-state index in [0.29, 0.717) is 6.42 Å². The van der Waals surface area contributed by atoms with Gasteiger partial charge in [0.05, 0.1) is 5.75 Å². The summed E-state index contributed by atoms with van der Waals surface area (Å²) in [5.74, 6) is -0.0774. The number of hydrogen-bond acceptors (Lipinski definition) is 3. The van der Waals surface area contributed by atoms with Gasteiger partial charge < -0.3 is 6.15 Å². The first-order chi connectivity index (χ1) is 12.6. The average molecular weight is 408 g/mol. The maximum atomic E-state index is 10.6. The quantitative estimate of drug-likeness (QED) is 0.150. The smallest absolute Gasteiger partial charge is 0.264 e. The van der Waals surface area contributed by atoms with Crippen molar-refractivity contribution in [2.24, 2.45) is 0 Å². The monoisotopic (exact) mass is 407 g/mol. The molecule has 0 unspecified atom stereocenters. The Kier molecular flexibility index (Phi) is 23.9. The van der Waals surface area contributed by atoms with Gasteiger partial charge in [0, 0.05) is 0 Å². The fraction of sp³-hybridized carbons (Fsp3) is 1.00. The van der Waals surface area contributed by atoms with Crippen molar-refractivity contribution < 1.29 is 13.0 Å². The van der Waals surface area contributed by atoms with Crippen LogP contribution in [0.25, 0.3) is 0 Å². The zero-order chi connectivity index (χ0) is 19.3. The molecule has 0 aliphatic carbocycles. The summed E-state index contributed by atoms with van der Waals surface area (Å²) in [6.07, 6.45) is 26.2. The third-order valence-electron chi connectivity index (χ3n) is 5.26. The van der Waals surface area contributed by atoms with Gasteiger partial charge in [-0.05, 0) is 6.42 Å². The molecule has 0 rings (SSSR count). The second kappa shape index (κ2) is 22.2. The summed E-state index contributed by atoms with van der Waals surface area (Å²) < 4.78 is 29.8. The van der Waals surface area contributed by atoms with Crippen LogP contribution >= 0.6 is 0 Å². The van der Waals surface area contributed by atoms with Crippen molar-refractivity contribution in [3.05, 3.63) is 0 Å². The predicted octanol–water partition coefficient (Wildman–Crippen LogP) is 7.86. The van der Waals surface area contributed by atoms with Gasteiger partial charge in [0.15, 0.2) is 0 Å². The summed E-state index contributed by atoms with van der Waals surface area (Å²) in [5, 5.41) is 0. The van der Waals surface area contributed by atoms with Crippen LogP contribution in [-0.2, 0) is 10.1 Å². The maximum absolute atomic E-state index is 10.6. The van der Waals surface area contributed by atoms with Crippen molar-refractivity contribution in [2.45, 2.75) is 135 Å². The molecule has 0 aliphatic heterocycles. The molecule has 4 nitrogen and oxygen atoms in total. The van der Waals surface area contributed by atoms with Crippen LogP contribution < -0.4 is 6.15 Å². The van der Waals surface area contributed by atoms with E-state index in [2.05, 4.69) is 6.92 Å². The van der Waals surface area contributed by atoms with Crippen LogP contribution in [0.4, 0.5) is 0 Å². The van der Waals surface area contributed by atoms with Crippen molar-refractivity contribution in [2.75, 3.05) is 5.75 Å². The molecule has 4 N–H and O–H groups in total. The number of unbranched alkanes of at least 4 members (excludes halogenated alkanes) is 19. The normalized spacial score (nSPS) is 11.5. The first kappa shape index (κ1) is 29.1. The first-order valence-electron chi connectivity index (χ1n) is 11.5. The minimum absolute atomic E-state index is 0. The summed E-state index contributed by atoms with van der Waals surface area (Å²) in [7, 11) is -3.75. The van der Waals surface area contributed by atoms with Crippen LogP contribution in [0.1, 0.15) is 135 Å². The van der Waals surface area contributed by atoms with Crippen molar-refractivity contribution in [3.63, 3.8) is 0 Å². The molecule has 0 aliphatic rings. The van der Waals surface area contributed by atoms with E-state index in [-0.39, 0.29) is 11.9 Å². The van der Waals surface area contributed by atoms with Gasteiger partial charge >= 0.3 is 0 Å². The molecule has 0 radical (unpaired) electrons. The molecule has 5 heteroatoms. The molecule has 0 bridgehead atoms. The summed E-state index contributed by atoms with van der Waals surface area (Å²) in [6.45, 7) is 2.28. The molecule has 0 aromatic carbocycles. The van der Waals surface area contributed by atoms with Gasteiger partial charge in [-0.25, -0.2) is 0 Å². The van der Waals surface area contributed by atoms with E-state index in [4.69, 9.17) is 4.55 Å². The van der Waals surface area contributed by atoms with Crippen molar-refractivity contribution in [1.82, 2.24) is 6.15 Å². The minimum atomic E-state index is -3.75. The van der Waals surface area contributed by atoms with E-state index in [1.165, 1.54) is 109 Å². The van der Waals surface area contributed by atoms with Crippen molar-refractivity contribution >= 4 is 10.1 Å². The van der Waals surface area contributed by atoms with E-state index < -0.39 is 10.1 Å². The molecule has 27 heavy (non-hydrogen) atoms. The van der Waals surface area contributed by atoms with Crippen molar-refractivity contribution in [3.8, 4) is 0 Å². The lowest BCUT2D eigenvalue weighted by molar-refractivity contribution is 0.478. The zero-order valence-electron chi connectivity index (χ0n) is 18.2. The summed E-state index contributed by atoms with van der Waals surface area (Å²) in [4.78, 5) is 0. The molecular weight excluding hydrogens is 358 g/mol. The molecular formula is C22H49NO3S. The van der Waals surface area contributed by atoms with Gasteiger partial charge in [0.1, 0.15) is 0 Å². The van der Waals surface area contributed by atoms with Crippen molar-refractivity contribution in [1.29, 1.82) is 0 Å². The van der Waals surface area contributed by atoms with Gasteiger partial charge in [-0.3, -0.25) is 4.55 Å². The Morgan fingerprint density at radius 1 is 0.481 bits per heavy atom. The second-order valence-corrected chi connectivity index (χ2v) is 9.58. The largest absolute Gasteiger partial charge is 0.344 e. The van der Waals surface area contributed by atoms with Crippen LogP contribution in [0.15, 0.2) is 0 Å². The fourth-order valence-electron chi connectivity index (χ4n) is 3.54. The summed E-state index contributed by atoms with van der Waals surface area (Å²) in [5.41, 5.74) is 0. The van der Waals surface area contributed by atoms with Crippen LogP contribution in [-0.4, -0.2) is 18.7 Å². The van der Waals surface area contributed by atoms with Crippen LogP contribution in [0.2, 0.25) is 0 Å². The van der Waals surface area contributed by atoms with E-state index in [0.717, 1.165) is 12.8 Å². The molecule has 0 heterocycles. The predicted molar refractivity (Wildman–Crippen MR) is 119 cm³/mol. The van der Waals surface area contributed by atoms with E-state index in [9.17, 15) is 8.42 Å². The number of rotatable bonds is 21. The highest BCUT2D eigenvalue weighted by Gasteiger charge is 2.02. The topological polar surface area (TPSA) is 89.4 Å². The Labute approximate surface area is 170 Å². The van der Waals surface area contributed by atoms with Gasteiger partial charge in [0.2, 0.25) is 0 Å². The molecule has 166 valence electrons. The zero-order valence-corrected chi connectivity index (χ0v) is 19.0. The molecule has 0 saturated heterocycles. The molecule has 0 spiro atoms. The van der Waals surface area contributed by atoms with E-state index in [1.54, 1.807) is 0 Å². The molecule has 0 atom stereocenters. The highest BCUT2D eigenvalue weighted by Crippen LogP contribution is 2.14. The van der Waals surface area contributed by atoms with E-state index >= 15 is 0 Å². The number of hydrogen-bond donors (Lipinski definition) is 2. The maximum Gasteiger partial charge on any atom is 0.264 e. The molecule has 0 aromatic heterocycles. The SMILES string of the molecule is CCCCCCCCCCCCCCCCCCCCCCS(=O)(=O)O.N. The van der Waals surface area contributed by atoms with Crippen LogP contribution in [0, 0.1) is 0 Å². The third kappa shape index (κ3) is 28.2. The lowest BCUT2D eigenvalue weighted by atomic mass is 10.0. The van der Waals surface area contributed by atoms with Gasteiger partial charge in [0.25, 0.3) is 10.1 Å². The first-order valence-corrected chi connectivity index (χ1v) is 13.1. The Morgan fingerprint density at radius 3 is 0.926 bits per heavy atom. The lowest BCUT2D eigenvalue weighted by Crippen LogP contribution is -2.03. The van der Waals surface area contributed by atoms with Gasteiger partial charge in [-0.1, -0.05) is 129 Å². The minimum Gasteiger partial charge on any atom is -0.344 e. The van der Waals surface area contributed by atoms with Gasteiger partial charge in [-0.2, -0.15) is 8.42 Å². The Hall–Kier alpha value is -0.130. The highest BCUT2D eigenvalue weighted by atomic mass is 32.2. The second-order valence-electron chi connectivity index (χ2n) is 8.00. The van der Waals surface area contributed by atoms with Crippen LogP contribution in [0.5, 0.6) is 0 Å². The highest BCUT2D eigenvalue weighted by molar-refractivity contribution is 7.85. The molecule has 0 aromatic rings. The standard InChI is InChI=1S/C22H46O3S.H3N/c1-2-3-4-5-6-7-8-9-10-11-12-13-14-15-16-17-18-19-20-21-22-26(23,24)25;/h2-22H2,1H3,(H,23,24,25);1H3. The molecule has 0 amide bonds. The molecule has 0 saturated carbocycles. The Morgan fingerprint density at radius 2 is 0.704 bits per heavy atom. The summed E-state index contributed by atoms with van der Waals surface area (Å²) in [6, 6.07) is 0. The average Bonchev–Trinajstić information content (AvgIpc) is 2.59. The van der Waals surface area contributed by atoms with E-state index in [1.807, 2.05) is 0 Å². The van der Waals surface area contributed by atoms with Crippen LogP contribution in [0.3, 0.4) is 0 Å². The molecule has 0 fully saturated rings.